The molecule has 20 heavy (non-hydrogen) atoms. The molecule has 3 heterocycles. The van der Waals surface area contributed by atoms with Crippen molar-refractivity contribution in [3.05, 3.63) is 47.2 Å². The third-order valence-corrected chi connectivity index (χ3v) is 4.32. The van der Waals surface area contributed by atoms with E-state index in [4.69, 9.17) is 11.6 Å². The van der Waals surface area contributed by atoms with Crippen LogP contribution < -0.4 is 0 Å². The van der Waals surface area contributed by atoms with Gasteiger partial charge in [0.25, 0.3) is 0 Å². The summed E-state index contributed by atoms with van der Waals surface area (Å²) < 4.78 is 2.83. The average Bonchev–Trinajstić information content (AvgIpc) is 3.05. The van der Waals surface area contributed by atoms with Crippen LogP contribution in [0.25, 0.3) is 21.7 Å². The Balaban J connectivity index is 2.21. The largest absolute Gasteiger partial charge is 0.265 e. The van der Waals surface area contributed by atoms with E-state index in [2.05, 4.69) is 23.9 Å². The topological polar surface area (TPSA) is 30.7 Å². The van der Waals surface area contributed by atoms with Gasteiger partial charge in [-0.05, 0) is 43.7 Å². The number of thiophene rings is 1. The van der Waals surface area contributed by atoms with Gasteiger partial charge >= 0.3 is 0 Å². The zero-order chi connectivity index (χ0) is 14.1. The Hall–Kier alpha value is -1.65. The molecule has 3 rings (SSSR count). The fraction of sp³-hybridized carbons (Fsp3) is 0.200. The highest BCUT2D eigenvalue weighted by molar-refractivity contribution is 7.19. The standard InChI is InChI=1S/C15H14ClN3S/c1-10(2)19-15(13-3-4-14(16)20-13)12(9-18-19)11-5-7-17-8-6-11/h3-10H,1-2H3. The minimum absolute atomic E-state index is 0.293. The lowest BCUT2D eigenvalue weighted by Gasteiger charge is -2.11. The van der Waals surface area contributed by atoms with E-state index in [1.54, 1.807) is 23.7 Å². The van der Waals surface area contributed by atoms with Gasteiger partial charge in [0.1, 0.15) is 0 Å². The minimum atomic E-state index is 0.293. The van der Waals surface area contributed by atoms with Gasteiger partial charge in [-0.25, -0.2) is 0 Å². The molecule has 0 radical (unpaired) electrons. The smallest absolute Gasteiger partial charge is 0.0935 e. The zero-order valence-electron chi connectivity index (χ0n) is 11.2. The highest BCUT2D eigenvalue weighted by atomic mass is 35.5. The molecule has 5 heteroatoms. The molecule has 0 aliphatic heterocycles. The molecule has 102 valence electrons. The number of hydrogen-bond acceptors (Lipinski definition) is 3. The van der Waals surface area contributed by atoms with E-state index in [9.17, 15) is 0 Å². The van der Waals surface area contributed by atoms with Crippen molar-refractivity contribution >= 4 is 22.9 Å². The predicted molar refractivity (Wildman–Crippen MR) is 84.2 cm³/mol. The molecule has 0 saturated carbocycles. The SMILES string of the molecule is CC(C)n1ncc(-c2ccncc2)c1-c1ccc(Cl)s1. The maximum atomic E-state index is 6.09. The van der Waals surface area contributed by atoms with E-state index >= 15 is 0 Å². The Morgan fingerprint density at radius 3 is 2.50 bits per heavy atom. The molecule has 0 unspecified atom stereocenters. The first-order chi connectivity index (χ1) is 9.66. The van der Waals surface area contributed by atoms with Crippen molar-refractivity contribution in [3.8, 4) is 21.7 Å². The Morgan fingerprint density at radius 2 is 1.90 bits per heavy atom. The third kappa shape index (κ3) is 2.37. The van der Waals surface area contributed by atoms with Crippen LogP contribution >= 0.6 is 22.9 Å². The molecule has 0 amide bonds. The summed E-state index contributed by atoms with van der Waals surface area (Å²) in [5.41, 5.74) is 3.34. The molecule has 0 N–H and O–H groups in total. The highest BCUT2D eigenvalue weighted by Gasteiger charge is 2.17. The molecule has 0 bridgehead atoms. The van der Waals surface area contributed by atoms with Crippen LogP contribution in [0, 0.1) is 0 Å². The van der Waals surface area contributed by atoms with Gasteiger partial charge in [-0.3, -0.25) is 9.67 Å². The van der Waals surface area contributed by atoms with Gasteiger partial charge in [-0.2, -0.15) is 5.10 Å². The van der Waals surface area contributed by atoms with Gasteiger partial charge in [-0.1, -0.05) is 11.6 Å². The fourth-order valence-electron chi connectivity index (χ4n) is 2.18. The van der Waals surface area contributed by atoms with Crippen LogP contribution in [0.5, 0.6) is 0 Å². The monoisotopic (exact) mass is 303 g/mol. The Morgan fingerprint density at radius 1 is 1.15 bits per heavy atom. The first-order valence-corrected chi connectivity index (χ1v) is 7.60. The van der Waals surface area contributed by atoms with Crippen LogP contribution in [0.15, 0.2) is 42.9 Å². The van der Waals surface area contributed by atoms with Crippen molar-refractivity contribution in [1.82, 2.24) is 14.8 Å². The molecule has 0 aliphatic carbocycles. The number of nitrogens with zero attached hydrogens (tertiary/aromatic N) is 3. The van der Waals surface area contributed by atoms with E-state index in [-0.39, 0.29) is 0 Å². The fourth-order valence-corrected chi connectivity index (χ4v) is 3.28. The summed E-state index contributed by atoms with van der Waals surface area (Å²) in [6.45, 7) is 4.25. The van der Waals surface area contributed by atoms with E-state index in [1.165, 1.54) is 0 Å². The first-order valence-electron chi connectivity index (χ1n) is 6.40. The third-order valence-electron chi connectivity index (χ3n) is 3.08. The summed E-state index contributed by atoms with van der Waals surface area (Å²) in [6.07, 6.45) is 5.51. The van der Waals surface area contributed by atoms with E-state index in [0.717, 1.165) is 26.0 Å². The van der Waals surface area contributed by atoms with Crippen molar-refractivity contribution < 1.29 is 0 Å². The molecule has 0 saturated heterocycles. The molecule has 0 aromatic carbocycles. The quantitative estimate of drug-likeness (QED) is 0.688. The molecule has 0 aliphatic rings. The van der Waals surface area contributed by atoms with Gasteiger partial charge in [0.2, 0.25) is 0 Å². The normalized spacial score (nSPS) is 11.2. The number of hydrogen-bond donors (Lipinski definition) is 0. The second-order valence-electron chi connectivity index (χ2n) is 4.78. The first kappa shape index (κ1) is 13.3. The number of pyridine rings is 1. The van der Waals surface area contributed by atoms with Crippen LogP contribution in [0.1, 0.15) is 19.9 Å². The van der Waals surface area contributed by atoms with E-state index < -0.39 is 0 Å². The summed E-state index contributed by atoms with van der Waals surface area (Å²) in [7, 11) is 0. The number of halogens is 1. The number of aromatic nitrogens is 3. The van der Waals surface area contributed by atoms with Crippen LogP contribution in [0.2, 0.25) is 4.34 Å². The molecular formula is C15H14ClN3S. The zero-order valence-corrected chi connectivity index (χ0v) is 12.8. The number of rotatable bonds is 3. The van der Waals surface area contributed by atoms with Gasteiger partial charge in [-0.15, -0.1) is 11.3 Å². The molecule has 3 nitrogen and oxygen atoms in total. The van der Waals surface area contributed by atoms with E-state index in [0.29, 0.717) is 6.04 Å². The molecule has 3 aromatic rings. The Kier molecular flexibility index (Phi) is 3.59. The summed E-state index contributed by atoms with van der Waals surface area (Å²) in [6, 6.07) is 8.27. The van der Waals surface area contributed by atoms with Crippen LogP contribution in [-0.2, 0) is 0 Å². The van der Waals surface area contributed by atoms with Gasteiger partial charge in [0.05, 0.1) is 21.1 Å². The average molecular weight is 304 g/mol. The lowest BCUT2D eigenvalue weighted by atomic mass is 10.1. The molecule has 0 spiro atoms. The summed E-state index contributed by atoms with van der Waals surface area (Å²) >= 11 is 7.66. The maximum Gasteiger partial charge on any atom is 0.0935 e. The van der Waals surface area contributed by atoms with Gasteiger partial charge in [0, 0.05) is 24.0 Å². The van der Waals surface area contributed by atoms with Crippen molar-refractivity contribution in [3.63, 3.8) is 0 Å². The summed E-state index contributed by atoms with van der Waals surface area (Å²) in [4.78, 5) is 5.21. The Labute approximate surface area is 126 Å². The Bertz CT molecular complexity index is 716. The van der Waals surface area contributed by atoms with Crippen molar-refractivity contribution in [2.24, 2.45) is 0 Å². The van der Waals surface area contributed by atoms with E-state index in [1.807, 2.05) is 35.1 Å². The van der Waals surface area contributed by atoms with Gasteiger partial charge < -0.3 is 0 Å². The summed E-state index contributed by atoms with van der Waals surface area (Å²) in [5.74, 6) is 0. The van der Waals surface area contributed by atoms with Crippen LogP contribution in [-0.4, -0.2) is 14.8 Å². The van der Waals surface area contributed by atoms with Crippen molar-refractivity contribution in [2.45, 2.75) is 19.9 Å². The van der Waals surface area contributed by atoms with Crippen LogP contribution in [0.4, 0.5) is 0 Å². The molecular weight excluding hydrogens is 290 g/mol. The molecule has 3 aromatic heterocycles. The lowest BCUT2D eigenvalue weighted by molar-refractivity contribution is 0.539. The molecule has 0 atom stereocenters. The second-order valence-corrected chi connectivity index (χ2v) is 6.50. The van der Waals surface area contributed by atoms with Crippen LogP contribution in [0.3, 0.4) is 0 Å². The maximum absolute atomic E-state index is 6.09. The predicted octanol–water partition coefficient (Wildman–Crippen LogP) is 4.91. The van der Waals surface area contributed by atoms with Gasteiger partial charge in [0.15, 0.2) is 0 Å². The second kappa shape index (κ2) is 5.38. The minimum Gasteiger partial charge on any atom is -0.265 e. The highest BCUT2D eigenvalue weighted by Crippen LogP contribution is 2.38. The lowest BCUT2D eigenvalue weighted by Crippen LogP contribution is -2.04. The molecule has 0 fully saturated rings. The van der Waals surface area contributed by atoms with Crippen molar-refractivity contribution in [2.75, 3.05) is 0 Å². The summed E-state index contributed by atoms with van der Waals surface area (Å²) in [5, 5.41) is 4.54. The van der Waals surface area contributed by atoms with Crippen molar-refractivity contribution in [1.29, 1.82) is 0 Å².